The molecule has 3 aromatic rings. The summed E-state index contributed by atoms with van der Waals surface area (Å²) in [5.41, 5.74) is 2.38. The van der Waals surface area contributed by atoms with E-state index in [1.54, 1.807) is 22.7 Å². The Bertz CT molecular complexity index is 551. The highest BCUT2D eigenvalue weighted by atomic mass is 32.1. The number of anilines is 1. The maximum Gasteiger partial charge on any atom is 0.184 e. The lowest BCUT2D eigenvalue weighted by Gasteiger charge is -1.98. The molecule has 2 aromatic heterocycles. The van der Waals surface area contributed by atoms with E-state index in [0.29, 0.717) is 0 Å². The van der Waals surface area contributed by atoms with Gasteiger partial charge < -0.3 is 5.32 Å². The van der Waals surface area contributed by atoms with Crippen LogP contribution in [0, 0.1) is 0 Å². The first-order valence-corrected chi connectivity index (χ1v) is 6.78. The molecule has 4 heteroatoms. The van der Waals surface area contributed by atoms with Crippen molar-refractivity contribution in [2.24, 2.45) is 0 Å². The highest BCUT2D eigenvalue weighted by molar-refractivity contribution is 7.22. The lowest BCUT2D eigenvalue weighted by Crippen LogP contribution is -1.96. The average molecular weight is 246 g/mol. The Balaban J connectivity index is 1.79. The molecule has 0 bridgehead atoms. The smallest absolute Gasteiger partial charge is 0.184 e. The van der Waals surface area contributed by atoms with Crippen LogP contribution in [0.3, 0.4) is 0 Å². The van der Waals surface area contributed by atoms with Crippen LogP contribution < -0.4 is 5.32 Å². The Morgan fingerprint density at radius 1 is 1.19 bits per heavy atom. The summed E-state index contributed by atoms with van der Waals surface area (Å²) >= 11 is 3.42. The number of nitrogens with one attached hydrogen (secondary N) is 1. The molecule has 0 atom stereocenters. The maximum absolute atomic E-state index is 4.52. The summed E-state index contributed by atoms with van der Waals surface area (Å²) in [5.74, 6) is 0. The van der Waals surface area contributed by atoms with E-state index in [-0.39, 0.29) is 0 Å². The lowest BCUT2D eigenvalue weighted by atomic mass is 10.3. The molecule has 1 N–H and O–H groups in total. The number of hydrogen-bond acceptors (Lipinski definition) is 4. The van der Waals surface area contributed by atoms with Crippen molar-refractivity contribution in [1.29, 1.82) is 0 Å². The topological polar surface area (TPSA) is 24.9 Å². The third-order valence-corrected chi connectivity index (χ3v) is 4.04. The van der Waals surface area contributed by atoms with Crippen molar-refractivity contribution in [2.45, 2.75) is 6.54 Å². The van der Waals surface area contributed by atoms with Crippen molar-refractivity contribution in [3.8, 4) is 0 Å². The highest BCUT2D eigenvalue weighted by Gasteiger charge is 2.02. The third-order valence-electron chi connectivity index (χ3n) is 2.32. The van der Waals surface area contributed by atoms with Gasteiger partial charge in [-0.1, -0.05) is 23.5 Å². The number of fused-ring (bicyclic) bond motifs is 1. The van der Waals surface area contributed by atoms with Gasteiger partial charge in [-0.15, -0.1) is 0 Å². The number of nitrogens with zero attached hydrogens (tertiary/aromatic N) is 1. The molecule has 1 aromatic carbocycles. The summed E-state index contributed by atoms with van der Waals surface area (Å²) in [4.78, 5) is 4.52. The molecule has 0 unspecified atom stereocenters. The molecule has 0 aliphatic rings. The summed E-state index contributed by atoms with van der Waals surface area (Å²) in [6.07, 6.45) is 0. The van der Waals surface area contributed by atoms with Crippen LogP contribution in [-0.2, 0) is 6.54 Å². The van der Waals surface area contributed by atoms with E-state index in [0.717, 1.165) is 17.2 Å². The fourth-order valence-electron chi connectivity index (χ4n) is 1.52. The highest BCUT2D eigenvalue weighted by Crippen LogP contribution is 2.25. The van der Waals surface area contributed by atoms with Crippen LogP contribution in [0.25, 0.3) is 10.2 Å². The predicted molar refractivity (Wildman–Crippen MR) is 71.3 cm³/mol. The zero-order valence-electron chi connectivity index (χ0n) is 8.51. The first-order valence-electron chi connectivity index (χ1n) is 5.02. The van der Waals surface area contributed by atoms with Gasteiger partial charge in [0.2, 0.25) is 0 Å². The minimum absolute atomic E-state index is 0.851. The van der Waals surface area contributed by atoms with Crippen molar-refractivity contribution >= 4 is 38.0 Å². The van der Waals surface area contributed by atoms with Crippen LogP contribution in [0.4, 0.5) is 5.13 Å². The van der Waals surface area contributed by atoms with Gasteiger partial charge >= 0.3 is 0 Å². The molecule has 0 aliphatic carbocycles. The summed E-state index contributed by atoms with van der Waals surface area (Å²) in [5, 5.41) is 8.59. The molecule has 0 aliphatic heterocycles. The Morgan fingerprint density at radius 3 is 2.94 bits per heavy atom. The van der Waals surface area contributed by atoms with E-state index in [1.807, 2.05) is 18.2 Å². The van der Waals surface area contributed by atoms with E-state index in [1.165, 1.54) is 10.3 Å². The zero-order chi connectivity index (χ0) is 10.8. The normalized spacial score (nSPS) is 10.8. The van der Waals surface area contributed by atoms with Crippen LogP contribution in [0.5, 0.6) is 0 Å². The molecule has 0 saturated carbocycles. The summed E-state index contributed by atoms with van der Waals surface area (Å²) in [6.45, 7) is 0.851. The van der Waals surface area contributed by atoms with Crippen molar-refractivity contribution in [3.63, 3.8) is 0 Å². The van der Waals surface area contributed by atoms with Gasteiger partial charge in [-0.2, -0.15) is 11.3 Å². The quantitative estimate of drug-likeness (QED) is 0.756. The van der Waals surface area contributed by atoms with Gasteiger partial charge in [-0.25, -0.2) is 4.98 Å². The summed E-state index contributed by atoms with van der Waals surface area (Å²) in [6, 6.07) is 10.3. The van der Waals surface area contributed by atoms with Crippen molar-refractivity contribution < 1.29 is 0 Å². The molecule has 80 valence electrons. The molecule has 0 radical (unpaired) electrons. The fraction of sp³-hybridized carbons (Fsp3) is 0.0833. The number of rotatable bonds is 3. The molecule has 2 nitrogen and oxygen atoms in total. The second-order valence-electron chi connectivity index (χ2n) is 3.47. The second-order valence-corrected chi connectivity index (χ2v) is 5.28. The molecular formula is C12H10N2S2. The molecule has 0 saturated heterocycles. The van der Waals surface area contributed by atoms with Crippen LogP contribution in [0.1, 0.15) is 5.56 Å². The van der Waals surface area contributed by atoms with Crippen molar-refractivity contribution in [1.82, 2.24) is 4.98 Å². The Labute approximate surface area is 102 Å². The molecule has 0 amide bonds. The van der Waals surface area contributed by atoms with Crippen LogP contribution >= 0.6 is 22.7 Å². The Morgan fingerprint density at radius 2 is 2.12 bits per heavy atom. The SMILES string of the molecule is c1ccc2sc(NCc3ccsc3)nc2c1. The first-order chi connectivity index (χ1) is 7.92. The number of thiophene rings is 1. The Kier molecular flexibility index (Phi) is 2.60. The van der Waals surface area contributed by atoms with Crippen molar-refractivity contribution in [2.75, 3.05) is 5.32 Å². The lowest BCUT2D eigenvalue weighted by molar-refractivity contribution is 1.15. The monoisotopic (exact) mass is 246 g/mol. The van der Waals surface area contributed by atoms with Gasteiger partial charge in [0.25, 0.3) is 0 Å². The summed E-state index contributed by atoms with van der Waals surface area (Å²) in [7, 11) is 0. The summed E-state index contributed by atoms with van der Waals surface area (Å²) < 4.78 is 1.23. The van der Waals surface area contributed by atoms with Gasteiger partial charge in [0.05, 0.1) is 10.2 Å². The predicted octanol–water partition coefficient (Wildman–Crippen LogP) is 3.97. The van der Waals surface area contributed by atoms with Crippen molar-refractivity contribution in [3.05, 3.63) is 46.7 Å². The number of benzene rings is 1. The van der Waals surface area contributed by atoms with Crippen LogP contribution in [0.2, 0.25) is 0 Å². The molecule has 0 fully saturated rings. The molecular weight excluding hydrogens is 236 g/mol. The van der Waals surface area contributed by atoms with Gasteiger partial charge in [0.1, 0.15) is 0 Å². The van der Waals surface area contributed by atoms with E-state index >= 15 is 0 Å². The minimum atomic E-state index is 0.851. The van der Waals surface area contributed by atoms with Gasteiger partial charge in [0.15, 0.2) is 5.13 Å². The van der Waals surface area contributed by atoms with E-state index in [2.05, 4.69) is 33.2 Å². The number of thiazole rings is 1. The first kappa shape index (κ1) is 9.81. The number of hydrogen-bond donors (Lipinski definition) is 1. The van der Waals surface area contributed by atoms with E-state index in [4.69, 9.17) is 0 Å². The Hall–Kier alpha value is -1.39. The van der Waals surface area contributed by atoms with Gasteiger partial charge in [0, 0.05) is 6.54 Å². The van der Waals surface area contributed by atoms with Crippen LogP contribution in [0.15, 0.2) is 41.1 Å². The molecule has 0 spiro atoms. The molecule has 2 heterocycles. The van der Waals surface area contributed by atoms with E-state index < -0.39 is 0 Å². The van der Waals surface area contributed by atoms with E-state index in [9.17, 15) is 0 Å². The standard InChI is InChI=1S/C12H10N2S2/c1-2-4-11-10(3-1)14-12(16-11)13-7-9-5-6-15-8-9/h1-6,8H,7H2,(H,13,14). The second kappa shape index (κ2) is 4.23. The number of aromatic nitrogens is 1. The van der Waals surface area contributed by atoms with Gasteiger partial charge in [-0.3, -0.25) is 0 Å². The fourth-order valence-corrected chi connectivity index (χ4v) is 3.05. The maximum atomic E-state index is 4.52. The number of para-hydroxylation sites is 1. The minimum Gasteiger partial charge on any atom is -0.357 e. The zero-order valence-corrected chi connectivity index (χ0v) is 10.1. The molecule has 3 rings (SSSR count). The average Bonchev–Trinajstić information content (AvgIpc) is 2.95. The van der Waals surface area contributed by atoms with Gasteiger partial charge in [-0.05, 0) is 34.5 Å². The molecule has 16 heavy (non-hydrogen) atoms. The largest absolute Gasteiger partial charge is 0.357 e. The van der Waals surface area contributed by atoms with Crippen LogP contribution in [-0.4, -0.2) is 4.98 Å². The third kappa shape index (κ3) is 1.94.